The van der Waals surface area contributed by atoms with Crippen LogP contribution in [0.3, 0.4) is 0 Å². The summed E-state index contributed by atoms with van der Waals surface area (Å²) >= 11 is 1.68. The van der Waals surface area contributed by atoms with Gasteiger partial charge in [0.25, 0.3) is 0 Å². The molecule has 3 N–H and O–H groups in total. The lowest BCUT2D eigenvalue weighted by Crippen LogP contribution is -2.36. The molecule has 2 rings (SSSR count). The fraction of sp³-hybridized carbons (Fsp3) is 0.562. The molecule has 0 bridgehead atoms. The maximum atomic E-state index is 12.6. The van der Waals surface area contributed by atoms with Gasteiger partial charge in [0.1, 0.15) is 11.9 Å². The van der Waals surface area contributed by atoms with Crippen molar-refractivity contribution >= 4 is 29.6 Å². The molecule has 0 aliphatic rings. The summed E-state index contributed by atoms with van der Waals surface area (Å²) < 4.78 is 0. The number of hydrogen-bond donors (Lipinski definition) is 3. The number of thioether (sulfide) groups is 1. The van der Waals surface area contributed by atoms with Gasteiger partial charge in [0.15, 0.2) is 0 Å². The van der Waals surface area contributed by atoms with Gasteiger partial charge >= 0.3 is 0 Å². The molecule has 9 heteroatoms. The summed E-state index contributed by atoms with van der Waals surface area (Å²) in [4.78, 5) is 25.6. The number of H-pyrrole nitrogens is 1. The Labute approximate surface area is 152 Å². The number of aryl methyl sites for hydroxylation is 2. The molecule has 136 valence electrons. The second kappa shape index (κ2) is 8.80. The molecule has 0 aliphatic carbocycles. The third-order valence-corrected chi connectivity index (χ3v) is 4.14. The Hall–Kier alpha value is -2.16. The van der Waals surface area contributed by atoms with Crippen molar-refractivity contribution in [3.8, 4) is 0 Å². The van der Waals surface area contributed by atoms with Gasteiger partial charge in [0.05, 0.1) is 0 Å². The number of aromatic amines is 1. The Bertz CT molecular complexity index is 696. The minimum absolute atomic E-state index is 0.203. The van der Waals surface area contributed by atoms with E-state index in [1.54, 1.807) is 11.8 Å². The van der Waals surface area contributed by atoms with Gasteiger partial charge in [-0.05, 0) is 38.3 Å². The lowest BCUT2D eigenvalue weighted by atomic mass is 10.2. The first kappa shape index (κ1) is 19.2. The highest BCUT2D eigenvalue weighted by Crippen LogP contribution is 2.13. The number of nitrogens with one attached hydrogen (secondary N) is 3. The van der Waals surface area contributed by atoms with E-state index in [-0.39, 0.29) is 17.8 Å². The van der Waals surface area contributed by atoms with Gasteiger partial charge in [0, 0.05) is 17.3 Å². The first-order valence-electron chi connectivity index (χ1n) is 8.20. The van der Waals surface area contributed by atoms with Crippen molar-refractivity contribution < 1.29 is 4.79 Å². The molecule has 2 heterocycles. The fourth-order valence-corrected chi connectivity index (χ4v) is 2.71. The molecular formula is C16H25N7OS. The number of hydrogen-bond acceptors (Lipinski definition) is 7. The highest BCUT2D eigenvalue weighted by molar-refractivity contribution is 7.98. The average Bonchev–Trinajstić information content (AvgIpc) is 2.99. The molecule has 2 aromatic heterocycles. The van der Waals surface area contributed by atoms with Gasteiger partial charge in [-0.1, -0.05) is 13.8 Å². The predicted octanol–water partition coefficient (Wildman–Crippen LogP) is 2.51. The van der Waals surface area contributed by atoms with Crippen LogP contribution in [-0.2, 0) is 4.79 Å². The largest absolute Gasteiger partial charge is 0.342 e. The zero-order chi connectivity index (χ0) is 18.4. The molecule has 0 fully saturated rings. The quantitative estimate of drug-likeness (QED) is 0.661. The first-order valence-corrected chi connectivity index (χ1v) is 9.59. The van der Waals surface area contributed by atoms with Crippen LogP contribution in [0.5, 0.6) is 0 Å². The van der Waals surface area contributed by atoms with Crippen LogP contribution in [0.25, 0.3) is 0 Å². The summed E-state index contributed by atoms with van der Waals surface area (Å²) in [6, 6.07) is 1.43. The number of nitrogens with zero attached hydrogens (tertiary/aromatic N) is 4. The molecule has 1 atom stereocenters. The van der Waals surface area contributed by atoms with E-state index in [1.807, 2.05) is 40.0 Å². The van der Waals surface area contributed by atoms with Crippen molar-refractivity contribution in [2.45, 2.75) is 46.1 Å². The van der Waals surface area contributed by atoms with Gasteiger partial charge in [-0.2, -0.15) is 16.7 Å². The van der Waals surface area contributed by atoms with Gasteiger partial charge in [-0.25, -0.2) is 9.97 Å². The minimum Gasteiger partial charge on any atom is -0.342 e. The summed E-state index contributed by atoms with van der Waals surface area (Å²) in [5, 5.41) is 12.8. The average molecular weight is 363 g/mol. The summed E-state index contributed by atoms with van der Waals surface area (Å²) in [5.74, 6) is 2.32. The lowest BCUT2D eigenvalue weighted by molar-refractivity contribution is -0.117. The van der Waals surface area contributed by atoms with E-state index in [1.165, 1.54) is 0 Å². The van der Waals surface area contributed by atoms with Gasteiger partial charge in [-0.3, -0.25) is 15.2 Å². The topological polar surface area (TPSA) is 108 Å². The lowest BCUT2D eigenvalue weighted by Gasteiger charge is -2.17. The van der Waals surface area contributed by atoms with E-state index in [9.17, 15) is 4.79 Å². The number of anilines is 2. The highest BCUT2D eigenvalue weighted by Gasteiger charge is 2.21. The van der Waals surface area contributed by atoms with Crippen molar-refractivity contribution in [1.29, 1.82) is 0 Å². The maximum absolute atomic E-state index is 12.6. The number of rotatable bonds is 8. The van der Waals surface area contributed by atoms with Crippen LogP contribution in [0.15, 0.2) is 6.07 Å². The number of carbonyl (C=O) groups is 1. The summed E-state index contributed by atoms with van der Waals surface area (Å²) in [6.07, 6.45) is 2.65. The monoisotopic (exact) mass is 363 g/mol. The number of amides is 1. The molecular weight excluding hydrogens is 338 g/mol. The fourth-order valence-electron chi connectivity index (χ4n) is 2.24. The Morgan fingerprint density at radius 3 is 2.44 bits per heavy atom. The van der Waals surface area contributed by atoms with E-state index >= 15 is 0 Å². The molecule has 1 amide bonds. The Morgan fingerprint density at radius 1 is 1.20 bits per heavy atom. The van der Waals surface area contributed by atoms with Crippen molar-refractivity contribution in [2.24, 2.45) is 0 Å². The SMILES string of the molecule is CSCCC(Nc1nc(C)cc(C)n1)C(=O)Nc1n[nH]c(C(C)C)n1. The molecule has 2 aromatic rings. The van der Waals surface area contributed by atoms with Gasteiger partial charge in [0.2, 0.25) is 17.8 Å². The zero-order valence-corrected chi connectivity index (χ0v) is 16.1. The van der Waals surface area contributed by atoms with Crippen LogP contribution in [0, 0.1) is 13.8 Å². The Morgan fingerprint density at radius 2 is 1.88 bits per heavy atom. The van der Waals surface area contributed by atoms with Crippen LogP contribution in [0.4, 0.5) is 11.9 Å². The van der Waals surface area contributed by atoms with E-state index in [0.29, 0.717) is 12.4 Å². The van der Waals surface area contributed by atoms with E-state index < -0.39 is 6.04 Å². The molecule has 0 saturated carbocycles. The third-order valence-electron chi connectivity index (χ3n) is 3.50. The summed E-state index contributed by atoms with van der Waals surface area (Å²) in [7, 11) is 0. The minimum atomic E-state index is -0.463. The van der Waals surface area contributed by atoms with Gasteiger partial charge in [-0.15, -0.1) is 5.10 Å². The Kier molecular flexibility index (Phi) is 6.74. The number of carbonyl (C=O) groups excluding carboxylic acids is 1. The normalized spacial score (nSPS) is 12.2. The van der Waals surface area contributed by atoms with Crippen molar-refractivity contribution in [3.05, 3.63) is 23.3 Å². The first-order chi connectivity index (χ1) is 11.9. The summed E-state index contributed by atoms with van der Waals surface area (Å²) in [6.45, 7) is 7.81. The second-order valence-corrected chi connectivity index (χ2v) is 7.13. The number of aromatic nitrogens is 5. The van der Waals surface area contributed by atoms with Crippen LogP contribution in [0.1, 0.15) is 43.4 Å². The Balaban J connectivity index is 2.10. The molecule has 1 unspecified atom stereocenters. The molecule has 8 nitrogen and oxygen atoms in total. The molecule has 0 spiro atoms. The third kappa shape index (κ3) is 5.70. The van der Waals surface area contributed by atoms with Crippen molar-refractivity contribution in [3.63, 3.8) is 0 Å². The van der Waals surface area contributed by atoms with E-state index in [4.69, 9.17) is 0 Å². The summed E-state index contributed by atoms with van der Waals surface area (Å²) in [5.41, 5.74) is 1.71. The van der Waals surface area contributed by atoms with Crippen molar-refractivity contribution in [2.75, 3.05) is 22.6 Å². The molecule has 0 aromatic carbocycles. The molecule has 25 heavy (non-hydrogen) atoms. The maximum Gasteiger partial charge on any atom is 0.249 e. The van der Waals surface area contributed by atoms with E-state index in [2.05, 4.69) is 35.8 Å². The zero-order valence-electron chi connectivity index (χ0n) is 15.3. The highest BCUT2D eigenvalue weighted by atomic mass is 32.2. The second-order valence-electron chi connectivity index (χ2n) is 6.14. The van der Waals surface area contributed by atoms with E-state index in [0.717, 1.165) is 23.0 Å². The van der Waals surface area contributed by atoms with Crippen LogP contribution in [-0.4, -0.2) is 49.1 Å². The van der Waals surface area contributed by atoms with Gasteiger partial charge < -0.3 is 5.32 Å². The van der Waals surface area contributed by atoms with Crippen LogP contribution >= 0.6 is 11.8 Å². The molecule has 0 radical (unpaired) electrons. The molecule has 0 aliphatic heterocycles. The van der Waals surface area contributed by atoms with Crippen LogP contribution < -0.4 is 10.6 Å². The van der Waals surface area contributed by atoms with Crippen LogP contribution in [0.2, 0.25) is 0 Å². The standard InChI is InChI=1S/C16H25N7OS/c1-9(2)13-20-16(23-22-13)21-14(24)12(6-7-25-5)19-15-17-10(3)8-11(4)18-15/h8-9,12H,6-7H2,1-5H3,(H,17,18,19)(H2,20,21,22,23,24). The smallest absolute Gasteiger partial charge is 0.249 e. The molecule has 0 saturated heterocycles. The van der Waals surface area contributed by atoms with Crippen molar-refractivity contribution in [1.82, 2.24) is 25.1 Å². The predicted molar refractivity (Wildman–Crippen MR) is 101 cm³/mol.